The zero-order valence-corrected chi connectivity index (χ0v) is 19.6. The van der Waals surface area contributed by atoms with E-state index in [9.17, 15) is 13.6 Å². The zero-order valence-electron chi connectivity index (χ0n) is 19.6. The van der Waals surface area contributed by atoms with Crippen LogP contribution in [0.3, 0.4) is 0 Å². The number of nitrogens with zero attached hydrogens (tertiary/aromatic N) is 6. The molecule has 0 aromatic carbocycles. The Bertz CT molecular complexity index is 1230. The van der Waals surface area contributed by atoms with Gasteiger partial charge in [-0.05, 0) is 44.1 Å². The van der Waals surface area contributed by atoms with Gasteiger partial charge >= 0.3 is 0 Å². The average molecular weight is 486 g/mol. The van der Waals surface area contributed by atoms with Gasteiger partial charge in [0.15, 0.2) is 11.3 Å². The molecule has 35 heavy (non-hydrogen) atoms. The number of anilines is 2. The third-order valence-electron chi connectivity index (χ3n) is 7.78. The first kappa shape index (κ1) is 22.4. The van der Waals surface area contributed by atoms with Crippen LogP contribution in [0.2, 0.25) is 0 Å². The maximum absolute atomic E-state index is 13.8. The number of morpholine rings is 1. The summed E-state index contributed by atoms with van der Waals surface area (Å²) in [5.41, 5.74) is 0.234. The molecular formula is C24H29F2N7O2. The highest BCUT2D eigenvalue weighted by molar-refractivity contribution is 6.08. The Labute approximate surface area is 201 Å². The molecule has 1 amide bonds. The van der Waals surface area contributed by atoms with E-state index < -0.39 is 18.0 Å². The highest BCUT2D eigenvalue weighted by atomic mass is 19.3. The van der Waals surface area contributed by atoms with E-state index in [-0.39, 0.29) is 29.4 Å². The highest BCUT2D eigenvalue weighted by Crippen LogP contribution is 2.36. The third-order valence-corrected chi connectivity index (χ3v) is 7.78. The van der Waals surface area contributed by atoms with Gasteiger partial charge in [0.25, 0.3) is 12.3 Å². The van der Waals surface area contributed by atoms with Gasteiger partial charge in [0, 0.05) is 18.9 Å². The van der Waals surface area contributed by atoms with E-state index in [0.717, 1.165) is 50.9 Å². The number of hydrogen-bond acceptors (Lipinski definition) is 6. The summed E-state index contributed by atoms with van der Waals surface area (Å²) in [5.74, 6) is 0.908. The van der Waals surface area contributed by atoms with Crippen LogP contribution in [0, 0.1) is 5.92 Å². The summed E-state index contributed by atoms with van der Waals surface area (Å²) in [5, 5.41) is 11.0. The van der Waals surface area contributed by atoms with Gasteiger partial charge in [-0.15, -0.1) is 0 Å². The van der Waals surface area contributed by atoms with Crippen molar-refractivity contribution < 1.29 is 18.3 Å². The molecule has 1 N–H and O–H groups in total. The fourth-order valence-corrected chi connectivity index (χ4v) is 5.72. The molecule has 3 fully saturated rings. The fourth-order valence-electron chi connectivity index (χ4n) is 5.72. The van der Waals surface area contributed by atoms with Crippen molar-refractivity contribution in [3.8, 4) is 0 Å². The number of rotatable bonds is 6. The Kier molecular flexibility index (Phi) is 5.66. The fraction of sp³-hybridized carbons (Fsp3) is 0.583. The van der Waals surface area contributed by atoms with E-state index in [4.69, 9.17) is 9.72 Å². The predicted octanol–water partition coefficient (Wildman–Crippen LogP) is 4.23. The highest BCUT2D eigenvalue weighted by Gasteiger charge is 2.39. The molecule has 11 heteroatoms. The zero-order chi connectivity index (χ0) is 24.1. The monoisotopic (exact) mass is 485 g/mol. The molecule has 2 bridgehead atoms. The first-order chi connectivity index (χ1) is 17.0. The summed E-state index contributed by atoms with van der Waals surface area (Å²) >= 11 is 0. The first-order valence-electron chi connectivity index (χ1n) is 12.4. The van der Waals surface area contributed by atoms with Gasteiger partial charge in [0.2, 0.25) is 0 Å². The minimum absolute atomic E-state index is 0.0344. The Hall–Kier alpha value is -3.08. The van der Waals surface area contributed by atoms with Crippen molar-refractivity contribution in [2.75, 3.05) is 23.4 Å². The van der Waals surface area contributed by atoms with E-state index in [1.54, 1.807) is 17.1 Å². The quantitative estimate of drug-likeness (QED) is 0.562. The predicted molar refractivity (Wildman–Crippen MR) is 125 cm³/mol. The minimum Gasteiger partial charge on any atom is -0.374 e. The average Bonchev–Trinajstić information content (AvgIpc) is 3.66. The molecule has 2 saturated heterocycles. The number of alkyl halides is 2. The molecule has 3 aromatic rings. The summed E-state index contributed by atoms with van der Waals surface area (Å²) in [6.45, 7) is 3.62. The van der Waals surface area contributed by atoms with Crippen molar-refractivity contribution in [3.63, 3.8) is 0 Å². The number of ether oxygens (including phenoxy) is 1. The lowest BCUT2D eigenvalue weighted by Gasteiger charge is -2.27. The molecule has 2 atom stereocenters. The molecule has 9 nitrogen and oxygen atoms in total. The topological polar surface area (TPSA) is 89.6 Å². The summed E-state index contributed by atoms with van der Waals surface area (Å²) in [6, 6.07) is 2.22. The number of carbonyl (C=O) groups excluding carboxylic acids is 1. The number of nitrogens with one attached hydrogen (secondary N) is 1. The van der Waals surface area contributed by atoms with Crippen LogP contribution in [-0.4, -0.2) is 55.6 Å². The van der Waals surface area contributed by atoms with Gasteiger partial charge in [0.1, 0.15) is 11.4 Å². The molecule has 6 rings (SSSR count). The lowest BCUT2D eigenvalue weighted by Crippen LogP contribution is -2.37. The first-order valence-corrected chi connectivity index (χ1v) is 12.4. The summed E-state index contributed by atoms with van der Waals surface area (Å²) in [4.78, 5) is 20.1. The van der Waals surface area contributed by atoms with Crippen molar-refractivity contribution in [2.24, 2.45) is 5.92 Å². The SMILES string of the molecule is CCC1CCC(n2cc(NC(=O)c3cnn4ccc(N5C[C@H]6C[C@@H]5CO6)nc34)c(C(F)F)n2)CC1. The molecule has 1 saturated carbocycles. The summed E-state index contributed by atoms with van der Waals surface area (Å²) in [7, 11) is 0. The Morgan fingerprint density at radius 1 is 1.26 bits per heavy atom. The summed E-state index contributed by atoms with van der Waals surface area (Å²) in [6.07, 6.45) is 8.18. The Balaban J connectivity index is 1.24. The second-order valence-corrected chi connectivity index (χ2v) is 9.86. The van der Waals surface area contributed by atoms with Crippen LogP contribution >= 0.6 is 0 Å². The van der Waals surface area contributed by atoms with Crippen LogP contribution in [0.15, 0.2) is 24.7 Å². The molecule has 0 unspecified atom stereocenters. The maximum atomic E-state index is 13.8. The smallest absolute Gasteiger partial charge is 0.284 e. The maximum Gasteiger partial charge on any atom is 0.284 e. The van der Waals surface area contributed by atoms with Gasteiger partial charge in [-0.3, -0.25) is 9.48 Å². The largest absolute Gasteiger partial charge is 0.374 e. The lowest BCUT2D eigenvalue weighted by atomic mass is 9.85. The number of aromatic nitrogens is 5. The Morgan fingerprint density at radius 2 is 2.09 bits per heavy atom. The van der Waals surface area contributed by atoms with E-state index in [0.29, 0.717) is 18.2 Å². The number of hydrogen-bond donors (Lipinski definition) is 1. The minimum atomic E-state index is -2.79. The molecule has 3 aromatic heterocycles. The number of amides is 1. The molecule has 186 valence electrons. The number of halogens is 2. The number of fused-ring (bicyclic) bond motifs is 3. The molecule has 5 heterocycles. The standard InChI is InChI=1S/C24H29F2N7O2/c1-2-14-3-5-15(6-4-14)33-12-19(21(30-33)22(25)26)28-24(34)18-10-27-32-8-7-20(29-23(18)32)31-11-17-9-16(31)13-35-17/h7-8,10,12,14-17,22H,2-6,9,11,13H2,1H3,(H,28,34)/t14?,15?,16-,17-/m1/s1. The van der Waals surface area contributed by atoms with Gasteiger partial charge in [-0.25, -0.2) is 18.3 Å². The molecule has 3 aliphatic rings. The second kappa shape index (κ2) is 8.85. The van der Waals surface area contributed by atoms with Crippen molar-refractivity contribution in [1.82, 2.24) is 24.4 Å². The number of carbonyl (C=O) groups is 1. The van der Waals surface area contributed by atoms with Crippen LogP contribution in [-0.2, 0) is 4.74 Å². The van der Waals surface area contributed by atoms with Gasteiger partial charge in [-0.1, -0.05) is 13.3 Å². The Morgan fingerprint density at radius 3 is 2.77 bits per heavy atom. The van der Waals surface area contributed by atoms with E-state index >= 15 is 0 Å². The van der Waals surface area contributed by atoms with Gasteiger partial charge in [0.05, 0.1) is 36.7 Å². The van der Waals surface area contributed by atoms with Crippen LogP contribution in [0.25, 0.3) is 5.65 Å². The molecule has 0 spiro atoms. The van der Waals surface area contributed by atoms with Crippen molar-refractivity contribution in [1.29, 1.82) is 0 Å². The van der Waals surface area contributed by atoms with E-state index in [1.165, 1.54) is 10.7 Å². The van der Waals surface area contributed by atoms with Gasteiger partial charge < -0.3 is 15.0 Å². The third kappa shape index (κ3) is 4.05. The molecule has 1 aliphatic carbocycles. The van der Waals surface area contributed by atoms with Crippen LogP contribution in [0.5, 0.6) is 0 Å². The van der Waals surface area contributed by atoms with Crippen LogP contribution in [0.1, 0.15) is 74.0 Å². The molecular weight excluding hydrogens is 456 g/mol. The molecule has 2 aliphatic heterocycles. The van der Waals surface area contributed by atoms with E-state index in [1.807, 2.05) is 6.07 Å². The van der Waals surface area contributed by atoms with Crippen molar-refractivity contribution in [3.05, 3.63) is 35.9 Å². The lowest BCUT2D eigenvalue weighted by molar-refractivity contribution is 0.0988. The van der Waals surface area contributed by atoms with Crippen LogP contribution < -0.4 is 10.2 Å². The van der Waals surface area contributed by atoms with E-state index in [2.05, 4.69) is 27.3 Å². The molecule has 0 radical (unpaired) electrons. The van der Waals surface area contributed by atoms with Crippen molar-refractivity contribution >= 4 is 23.1 Å². The van der Waals surface area contributed by atoms with Crippen molar-refractivity contribution in [2.45, 2.75) is 70.1 Å². The van der Waals surface area contributed by atoms with Crippen LogP contribution in [0.4, 0.5) is 20.3 Å². The van der Waals surface area contributed by atoms with Gasteiger partial charge in [-0.2, -0.15) is 10.2 Å². The summed E-state index contributed by atoms with van der Waals surface area (Å²) < 4.78 is 36.4. The second-order valence-electron chi connectivity index (χ2n) is 9.86. The normalized spacial score (nSPS) is 26.2.